The van der Waals surface area contributed by atoms with Crippen molar-refractivity contribution >= 4 is 35.3 Å². The summed E-state index contributed by atoms with van der Waals surface area (Å²) >= 11 is 4.73. The second kappa shape index (κ2) is 6.61. The fraction of sp³-hybridized carbons (Fsp3) is 0.200. The number of benzene rings is 1. The molecule has 4 nitrogen and oxygen atoms in total. The minimum Gasteiger partial charge on any atom is -0.507 e. The third-order valence-corrected chi connectivity index (χ3v) is 3.93. The average Bonchev–Trinajstić information content (AvgIpc) is 2.21. The van der Waals surface area contributed by atoms with Gasteiger partial charge in [-0.05, 0) is 24.6 Å². The van der Waals surface area contributed by atoms with Gasteiger partial charge in [-0.2, -0.15) is 0 Å². The second-order valence-electron chi connectivity index (χ2n) is 3.22. The van der Waals surface area contributed by atoms with Gasteiger partial charge >= 0.3 is 7.60 Å². The van der Waals surface area contributed by atoms with Crippen LogP contribution in [0.4, 0.5) is 0 Å². The molecule has 1 aromatic carbocycles. The lowest BCUT2D eigenvalue weighted by Crippen LogP contribution is -1.79. The molecule has 0 unspecified atom stereocenters. The molecule has 0 aliphatic heterocycles. The molecule has 0 aromatic heterocycles. The molecule has 0 fully saturated rings. The molecule has 17 heavy (non-hydrogen) atoms. The van der Waals surface area contributed by atoms with Crippen LogP contribution in [0.5, 0.6) is 5.75 Å². The lowest BCUT2D eigenvalue weighted by Gasteiger charge is -2.03. The molecule has 0 aliphatic rings. The van der Waals surface area contributed by atoms with Crippen LogP contribution in [-0.4, -0.2) is 20.6 Å². The molecule has 1 rings (SSSR count). The van der Waals surface area contributed by atoms with Gasteiger partial charge in [0.15, 0.2) is 0 Å². The first-order valence-corrected chi connectivity index (χ1v) is 8.19. The lowest BCUT2D eigenvalue weighted by atomic mass is 10.3. The molecule has 3 N–H and O–H groups in total. The van der Waals surface area contributed by atoms with Crippen LogP contribution < -0.4 is 0 Å². The second-order valence-corrected chi connectivity index (χ2v) is 6.75. The monoisotopic (exact) mass is 338 g/mol. The Morgan fingerprint density at radius 1 is 1.41 bits per heavy atom. The smallest absolute Gasteiger partial charge is 0.348 e. The van der Waals surface area contributed by atoms with Crippen LogP contribution in [-0.2, 0) is 4.57 Å². The molecule has 0 bridgehead atoms. The van der Waals surface area contributed by atoms with Crippen LogP contribution in [0.2, 0.25) is 0 Å². The number of halogens is 1. The Morgan fingerprint density at radius 3 is 2.76 bits per heavy atom. The molecule has 0 heterocycles. The molecule has 0 radical (unpaired) electrons. The van der Waals surface area contributed by atoms with Crippen LogP contribution in [0, 0.1) is 0 Å². The quantitative estimate of drug-likeness (QED) is 0.436. The molecule has 0 aliphatic carbocycles. The SMILES string of the molecule is O=P(O)(O)C=CCCSc1cc(Br)ccc1O. The average molecular weight is 339 g/mol. The first-order chi connectivity index (χ1) is 7.88. The predicted molar refractivity (Wildman–Crippen MR) is 72.3 cm³/mol. The van der Waals surface area contributed by atoms with Gasteiger partial charge in [0.1, 0.15) is 5.75 Å². The number of aromatic hydroxyl groups is 1. The highest BCUT2D eigenvalue weighted by molar-refractivity contribution is 9.10. The number of hydrogen-bond acceptors (Lipinski definition) is 3. The Morgan fingerprint density at radius 2 is 2.12 bits per heavy atom. The van der Waals surface area contributed by atoms with Crippen molar-refractivity contribution in [2.75, 3.05) is 5.75 Å². The standard InChI is InChI=1S/C10H12BrO4PS/c11-8-3-4-9(12)10(7-8)17-6-2-1-5-16(13,14)15/h1,3-5,7,12H,2,6H2,(H2,13,14,15). The molecule has 1 aromatic rings. The number of phenolic OH excluding ortho intramolecular Hbond substituents is 1. The normalized spacial score (nSPS) is 12.2. The third-order valence-electron chi connectivity index (χ3n) is 1.76. The summed E-state index contributed by atoms with van der Waals surface area (Å²) in [6, 6.07) is 5.14. The fourth-order valence-electron chi connectivity index (χ4n) is 1.05. The highest BCUT2D eigenvalue weighted by atomic mass is 79.9. The highest BCUT2D eigenvalue weighted by Gasteiger charge is 2.05. The van der Waals surface area contributed by atoms with Gasteiger partial charge in [-0.1, -0.05) is 22.0 Å². The molecule has 0 spiro atoms. The van der Waals surface area contributed by atoms with Crippen LogP contribution in [0.1, 0.15) is 6.42 Å². The minimum atomic E-state index is -4.04. The molecule has 0 saturated heterocycles. The first kappa shape index (κ1) is 14.8. The topological polar surface area (TPSA) is 77.8 Å². The van der Waals surface area contributed by atoms with Gasteiger partial charge in [-0.25, -0.2) is 0 Å². The highest BCUT2D eigenvalue weighted by Crippen LogP contribution is 2.36. The number of thioether (sulfide) groups is 1. The van der Waals surface area contributed by atoms with Crippen molar-refractivity contribution in [2.24, 2.45) is 0 Å². The van der Waals surface area contributed by atoms with Gasteiger partial charge < -0.3 is 14.9 Å². The van der Waals surface area contributed by atoms with Gasteiger partial charge in [0.05, 0.1) is 4.90 Å². The molecular formula is C10H12BrO4PS. The zero-order valence-corrected chi connectivity index (χ0v) is 12.1. The van der Waals surface area contributed by atoms with Crippen molar-refractivity contribution in [1.82, 2.24) is 0 Å². The Balaban J connectivity index is 2.44. The van der Waals surface area contributed by atoms with Gasteiger partial charge in [0.2, 0.25) is 0 Å². The third kappa shape index (κ3) is 6.29. The van der Waals surface area contributed by atoms with E-state index < -0.39 is 7.60 Å². The predicted octanol–water partition coefficient (Wildman–Crippen LogP) is 3.33. The van der Waals surface area contributed by atoms with E-state index in [0.29, 0.717) is 12.2 Å². The van der Waals surface area contributed by atoms with Crippen LogP contribution in [0.3, 0.4) is 0 Å². The number of allylic oxidation sites excluding steroid dienone is 1. The van der Waals surface area contributed by atoms with Crippen molar-refractivity contribution < 1.29 is 19.5 Å². The molecule has 0 atom stereocenters. The Bertz CT molecular complexity index is 458. The number of phenols is 1. The van der Waals surface area contributed by atoms with Gasteiger partial charge in [-0.15, -0.1) is 11.8 Å². The lowest BCUT2D eigenvalue weighted by molar-refractivity contribution is 0.386. The van der Waals surface area contributed by atoms with E-state index in [1.165, 1.54) is 17.8 Å². The molecule has 0 saturated carbocycles. The Hall–Kier alpha value is -0.260. The number of rotatable bonds is 5. The van der Waals surface area contributed by atoms with Crippen molar-refractivity contribution in [3.63, 3.8) is 0 Å². The zero-order chi connectivity index (χ0) is 12.9. The van der Waals surface area contributed by atoms with E-state index in [1.54, 1.807) is 18.2 Å². The summed E-state index contributed by atoms with van der Waals surface area (Å²) < 4.78 is 11.4. The summed E-state index contributed by atoms with van der Waals surface area (Å²) in [6.45, 7) is 0. The summed E-state index contributed by atoms with van der Waals surface area (Å²) in [5.74, 6) is 1.74. The molecule has 7 heteroatoms. The van der Waals surface area contributed by atoms with E-state index in [-0.39, 0.29) is 5.75 Å². The Labute approximate surface area is 112 Å². The van der Waals surface area contributed by atoms with E-state index in [0.717, 1.165) is 15.2 Å². The van der Waals surface area contributed by atoms with Crippen LogP contribution in [0.15, 0.2) is 39.5 Å². The maximum atomic E-state index is 10.5. The number of hydrogen-bond donors (Lipinski definition) is 3. The van der Waals surface area contributed by atoms with Crippen molar-refractivity contribution in [3.8, 4) is 5.75 Å². The summed E-state index contributed by atoms with van der Waals surface area (Å²) in [5, 5.41) is 9.54. The van der Waals surface area contributed by atoms with E-state index in [2.05, 4.69) is 15.9 Å². The summed E-state index contributed by atoms with van der Waals surface area (Å²) in [7, 11) is -4.04. The summed E-state index contributed by atoms with van der Waals surface area (Å²) in [5.41, 5.74) is 0. The van der Waals surface area contributed by atoms with Gasteiger partial charge in [0, 0.05) is 16.0 Å². The maximum Gasteiger partial charge on any atom is 0.348 e. The molecule has 94 valence electrons. The van der Waals surface area contributed by atoms with Crippen molar-refractivity contribution in [1.29, 1.82) is 0 Å². The minimum absolute atomic E-state index is 0.206. The fourth-order valence-corrected chi connectivity index (χ4v) is 2.89. The zero-order valence-electron chi connectivity index (χ0n) is 8.78. The summed E-state index contributed by atoms with van der Waals surface area (Å²) in [6.07, 6.45) is 1.98. The van der Waals surface area contributed by atoms with E-state index in [9.17, 15) is 9.67 Å². The first-order valence-electron chi connectivity index (χ1n) is 4.73. The van der Waals surface area contributed by atoms with Crippen molar-refractivity contribution in [2.45, 2.75) is 11.3 Å². The summed E-state index contributed by atoms with van der Waals surface area (Å²) in [4.78, 5) is 17.9. The van der Waals surface area contributed by atoms with Gasteiger partial charge in [-0.3, -0.25) is 4.57 Å². The maximum absolute atomic E-state index is 10.5. The van der Waals surface area contributed by atoms with Crippen LogP contribution >= 0.6 is 35.3 Å². The van der Waals surface area contributed by atoms with Crippen molar-refractivity contribution in [3.05, 3.63) is 34.6 Å². The van der Waals surface area contributed by atoms with E-state index in [4.69, 9.17) is 9.79 Å². The van der Waals surface area contributed by atoms with Gasteiger partial charge in [0.25, 0.3) is 0 Å². The molecule has 0 amide bonds. The van der Waals surface area contributed by atoms with Crippen LogP contribution in [0.25, 0.3) is 0 Å². The molecular weight excluding hydrogens is 327 g/mol. The van der Waals surface area contributed by atoms with E-state index in [1.807, 2.05) is 0 Å². The van der Waals surface area contributed by atoms with E-state index >= 15 is 0 Å². The Kier molecular flexibility index (Phi) is 5.76. The largest absolute Gasteiger partial charge is 0.507 e.